The van der Waals surface area contributed by atoms with Crippen LogP contribution in [0.3, 0.4) is 0 Å². The molecule has 2 amide bonds. The van der Waals surface area contributed by atoms with E-state index in [0.29, 0.717) is 13.1 Å². The fraction of sp³-hybridized carbons (Fsp3) is 0.632. The van der Waals surface area contributed by atoms with Crippen molar-refractivity contribution < 1.29 is 9.90 Å². The molecule has 2 saturated heterocycles. The van der Waals surface area contributed by atoms with E-state index in [1.54, 1.807) is 4.90 Å². The Balaban J connectivity index is 1.62. The quantitative estimate of drug-likeness (QED) is 0.874. The van der Waals surface area contributed by atoms with Crippen molar-refractivity contribution in [1.82, 2.24) is 4.90 Å². The molecule has 2 heterocycles. The number of carbonyl (C=O) groups is 1. The van der Waals surface area contributed by atoms with Crippen LogP contribution in [-0.4, -0.2) is 48.3 Å². The van der Waals surface area contributed by atoms with Crippen molar-refractivity contribution in [3.8, 4) is 0 Å². The Labute approximate surface area is 144 Å². The number of likely N-dealkylation sites (tertiary alicyclic amines) is 1. The summed E-state index contributed by atoms with van der Waals surface area (Å²) in [5, 5.41) is 13.0. The van der Waals surface area contributed by atoms with Crippen molar-refractivity contribution in [2.45, 2.75) is 45.1 Å². The summed E-state index contributed by atoms with van der Waals surface area (Å²) in [4.78, 5) is 16.6. The molecule has 5 heteroatoms. The SMILES string of the molecule is CC1CCN(C(=O)Nc2cccc(N3CCCCCC3)c2)CC1O. The number of nitrogens with zero attached hydrogens (tertiary/aromatic N) is 2. The molecule has 0 spiro atoms. The highest BCUT2D eigenvalue weighted by molar-refractivity contribution is 5.90. The van der Waals surface area contributed by atoms with E-state index < -0.39 is 6.10 Å². The van der Waals surface area contributed by atoms with Gasteiger partial charge in [0.25, 0.3) is 0 Å². The molecule has 5 nitrogen and oxygen atoms in total. The van der Waals surface area contributed by atoms with Gasteiger partial charge in [0.15, 0.2) is 0 Å². The standard InChI is InChI=1S/C19H29N3O2/c1-15-9-12-22(14-18(15)23)19(24)20-16-7-6-8-17(13-16)21-10-4-2-3-5-11-21/h6-8,13,15,18,23H,2-5,9-12,14H2,1H3,(H,20,24). The number of hydrogen-bond donors (Lipinski definition) is 2. The predicted molar refractivity (Wildman–Crippen MR) is 97.5 cm³/mol. The molecule has 0 saturated carbocycles. The molecule has 1 aromatic carbocycles. The van der Waals surface area contributed by atoms with E-state index in [-0.39, 0.29) is 11.9 Å². The van der Waals surface area contributed by atoms with E-state index in [4.69, 9.17) is 0 Å². The van der Waals surface area contributed by atoms with Crippen molar-refractivity contribution in [2.24, 2.45) is 5.92 Å². The summed E-state index contributed by atoms with van der Waals surface area (Å²) in [6.07, 6.45) is 5.52. The Morgan fingerprint density at radius 3 is 2.62 bits per heavy atom. The minimum Gasteiger partial charge on any atom is -0.391 e. The van der Waals surface area contributed by atoms with Crippen LogP contribution >= 0.6 is 0 Å². The van der Waals surface area contributed by atoms with Gasteiger partial charge in [-0.1, -0.05) is 25.8 Å². The van der Waals surface area contributed by atoms with E-state index in [1.807, 2.05) is 19.1 Å². The largest absolute Gasteiger partial charge is 0.391 e. The van der Waals surface area contributed by atoms with E-state index in [2.05, 4.69) is 22.3 Å². The Kier molecular flexibility index (Phi) is 5.61. The van der Waals surface area contributed by atoms with E-state index >= 15 is 0 Å². The van der Waals surface area contributed by atoms with Crippen LogP contribution in [0.2, 0.25) is 0 Å². The molecular formula is C19H29N3O2. The van der Waals surface area contributed by atoms with Crippen LogP contribution in [0.25, 0.3) is 0 Å². The van der Waals surface area contributed by atoms with Gasteiger partial charge in [-0.25, -0.2) is 4.79 Å². The van der Waals surface area contributed by atoms with Gasteiger partial charge in [-0.05, 0) is 43.4 Å². The predicted octanol–water partition coefficient (Wildman–Crippen LogP) is 3.30. The third-order valence-electron chi connectivity index (χ3n) is 5.27. The van der Waals surface area contributed by atoms with Crippen LogP contribution < -0.4 is 10.2 Å². The number of anilines is 2. The first-order chi connectivity index (χ1) is 11.6. The maximum atomic E-state index is 12.5. The van der Waals surface area contributed by atoms with Crippen LogP contribution in [0, 0.1) is 5.92 Å². The minimum atomic E-state index is -0.423. The number of nitrogens with one attached hydrogen (secondary N) is 1. The van der Waals surface area contributed by atoms with Crippen molar-refractivity contribution in [3.63, 3.8) is 0 Å². The van der Waals surface area contributed by atoms with Gasteiger partial charge in [-0.3, -0.25) is 0 Å². The second-order valence-corrected chi connectivity index (χ2v) is 7.16. The highest BCUT2D eigenvalue weighted by Crippen LogP contribution is 2.24. The topological polar surface area (TPSA) is 55.8 Å². The zero-order valence-corrected chi connectivity index (χ0v) is 14.6. The highest BCUT2D eigenvalue weighted by Gasteiger charge is 2.27. The molecule has 0 bridgehead atoms. The monoisotopic (exact) mass is 331 g/mol. The molecule has 2 atom stereocenters. The zero-order chi connectivity index (χ0) is 16.9. The highest BCUT2D eigenvalue weighted by atomic mass is 16.3. The minimum absolute atomic E-state index is 0.117. The molecule has 0 aromatic heterocycles. The number of rotatable bonds is 2. The van der Waals surface area contributed by atoms with Gasteiger partial charge in [0.2, 0.25) is 0 Å². The molecule has 2 unspecified atom stereocenters. The normalized spacial score (nSPS) is 25.2. The van der Waals surface area contributed by atoms with Gasteiger partial charge in [0.1, 0.15) is 0 Å². The van der Waals surface area contributed by atoms with Crippen molar-refractivity contribution in [1.29, 1.82) is 0 Å². The lowest BCUT2D eigenvalue weighted by atomic mass is 9.96. The maximum Gasteiger partial charge on any atom is 0.321 e. The number of hydrogen-bond acceptors (Lipinski definition) is 3. The second-order valence-electron chi connectivity index (χ2n) is 7.16. The first kappa shape index (κ1) is 17.1. The molecule has 3 rings (SSSR count). The molecule has 0 radical (unpaired) electrons. The summed E-state index contributed by atoms with van der Waals surface area (Å²) < 4.78 is 0. The smallest absolute Gasteiger partial charge is 0.321 e. The molecule has 2 fully saturated rings. The molecule has 24 heavy (non-hydrogen) atoms. The van der Waals surface area contributed by atoms with Crippen LogP contribution in [0.15, 0.2) is 24.3 Å². The first-order valence-corrected chi connectivity index (χ1v) is 9.22. The summed E-state index contributed by atoms with van der Waals surface area (Å²) in [6, 6.07) is 8.00. The lowest BCUT2D eigenvalue weighted by molar-refractivity contribution is 0.0464. The number of carbonyl (C=O) groups excluding carboxylic acids is 1. The van der Waals surface area contributed by atoms with Gasteiger partial charge in [-0.2, -0.15) is 0 Å². The fourth-order valence-electron chi connectivity index (χ4n) is 3.55. The Morgan fingerprint density at radius 2 is 1.92 bits per heavy atom. The number of benzene rings is 1. The van der Waals surface area contributed by atoms with E-state index in [0.717, 1.165) is 25.2 Å². The molecule has 2 aliphatic heterocycles. The van der Waals surface area contributed by atoms with E-state index in [1.165, 1.54) is 31.4 Å². The fourth-order valence-corrected chi connectivity index (χ4v) is 3.55. The number of piperidine rings is 1. The van der Waals surface area contributed by atoms with E-state index in [9.17, 15) is 9.90 Å². The van der Waals surface area contributed by atoms with Gasteiger partial charge in [-0.15, -0.1) is 0 Å². The van der Waals surface area contributed by atoms with Crippen LogP contribution in [0.1, 0.15) is 39.0 Å². The van der Waals surface area contributed by atoms with Gasteiger partial charge in [0, 0.05) is 37.6 Å². The first-order valence-electron chi connectivity index (χ1n) is 9.22. The summed E-state index contributed by atoms with van der Waals surface area (Å²) in [5.74, 6) is 0.264. The Bertz CT molecular complexity index is 555. The number of amides is 2. The summed E-state index contributed by atoms with van der Waals surface area (Å²) >= 11 is 0. The molecule has 132 valence electrons. The van der Waals surface area contributed by atoms with Crippen LogP contribution in [-0.2, 0) is 0 Å². The number of aliphatic hydroxyl groups excluding tert-OH is 1. The summed E-state index contributed by atoms with van der Waals surface area (Å²) in [5.41, 5.74) is 2.01. The zero-order valence-electron chi connectivity index (χ0n) is 14.6. The molecule has 1 aromatic rings. The number of β-amino-alcohol motifs (C(OH)–C–C–N with tert-alkyl or cyclic N) is 1. The lowest BCUT2D eigenvalue weighted by Crippen LogP contribution is -2.47. The summed E-state index contributed by atoms with van der Waals surface area (Å²) in [7, 11) is 0. The Morgan fingerprint density at radius 1 is 1.17 bits per heavy atom. The molecule has 0 aliphatic carbocycles. The molecule has 2 aliphatic rings. The van der Waals surface area contributed by atoms with Gasteiger partial charge >= 0.3 is 6.03 Å². The van der Waals surface area contributed by atoms with Crippen molar-refractivity contribution >= 4 is 17.4 Å². The number of urea groups is 1. The van der Waals surface area contributed by atoms with Crippen LogP contribution in [0.4, 0.5) is 16.2 Å². The van der Waals surface area contributed by atoms with Gasteiger partial charge in [0.05, 0.1) is 6.10 Å². The van der Waals surface area contributed by atoms with Crippen molar-refractivity contribution in [3.05, 3.63) is 24.3 Å². The average molecular weight is 331 g/mol. The number of aliphatic hydroxyl groups is 1. The van der Waals surface area contributed by atoms with Crippen molar-refractivity contribution in [2.75, 3.05) is 36.4 Å². The van der Waals surface area contributed by atoms with Gasteiger partial charge < -0.3 is 20.2 Å². The van der Waals surface area contributed by atoms with Crippen LogP contribution in [0.5, 0.6) is 0 Å². The molecular weight excluding hydrogens is 302 g/mol. The third kappa shape index (κ3) is 4.20. The summed E-state index contributed by atoms with van der Waals surface area (Å²) in [6.45, 7) is 5.33. The average Bonchev–Trinajstić information content (AvgIpc) is 2.87. The maximum absolute atomic E-state index is 12.5. The second kappa shape index (κ2) is 7.88. The Hall–Kier alpha value is -1.75. The lowest BCUT2D eigenvalue weighted by Gasteiger charge is -2.34. The molecule has 2 N–H and O–H groups in total. The third-order valence-corrected chi connectivity index (χ3v) is 5.27.